The first-order valence-corrected chi connectivity index (χ1v) is 5.85. The summed E-state index contributed by atoms with van der Waals surface area (Å²) in [6.45, 7) is 0.221. The van der Waals surface area contributed by atoms with E-state index in [9.17, 15) is 9.59 Å². The molecule has 102 valence electrons. The van der Waals surface area contributed by atoms with E-state index in [0.29, 0.717) is 16.9 Å². The smallest absolute Gasteiger partial charge is 0.335 e. The number of carbonyl (C=O) groups is 1. The van der Waals surface area contributed by atoms with Crippen LogP contribution in [-0.2, 0) is 13.6 Å². The van der Waals surface area contributed by atoms with Crippen molar-refractivity contribution in [3.8, 4) is 0 Å². The fourth-order valence-corrected chi connectivity index (χ4v) is 2.03. The number of hydrogen-bond acceptors (Lipinski definition) is 4. The highest BCUT2D eigenvalue weighted by Gasteiger charge is 2.12. The van der Waals surface area contributed by atoms with Crippen molar-refractivity contribution in [2.24, 2.45) is 7.05 Å². The van der Waals surface area contributed by atoms with Crippen molar-refractivity contribution in [1.29, 1.82) is 0 Å². The van der Waals surface area contributed by atoms with Crippen LogP contribution in [0.25, 0.3) is 11.0 Å². The van der Waals surface area contributed by atoms with Crippen LogP contribution in [-0.4, -0.2) is 35.4 Å². The van der Waals surface area contributed by atoms with Crippen molar-refractivity contribution in [3.63, 3.8) is 0 Å². The molecule has 3 aromatic rings. The Bertz CT molecular complexity index is 857. The molecule has 0 saturated heterocycles. The van der Waals surface area contributed by atoms with E-state index >= 15 is 0 Å². The maximum atomic E-state index is 12.0. The lowest BCUT2D eigenvalue weighted by Gasteiger charge is -2.03. The van der Waals surface area contributed by atoms with Gasteiger partial charge < -0.3 is 14.7 Å². The van der Waals surface area contributed by atoms with Crippen LogP contribution < -0.4 is 5.69 Å². The van der Waals surface area contributed by atoms with Crippen LogP contribution in [0.15, 0.2) is 29.3 Å². The minimum absolute atomic E-state index is 0.128. The predicted octanol–water partition coefficient (Wildman–Crippen LogP) is 0.205. The molecular weight excluding hydrogens is 262 g/mol. The van der Waals surface area contributed by atoms with Crippen LogP contribution in [0.5, 0.6) is 0 Å². The van der Waals surface area contributed by atoms with Crippen LogP contribution in [0.4, 0.5) is 0 Å². The summed E-state index contributed by atoms with van der Waals surface area (Å²) >= 11 is 0. The standard InChI is InChI=1S/C12H11N5O3/c1-16-6-13-15-10(16)5-17-9-4-7(11(18)19)2-3-8(9)14-12(17)20/h2-4,6H,5H2,1H3,(H,14,20)(H,18,19). The first kappa shape index (κ1) is 12.2. The molecule has 2 aromatic heterocycles. The Morgan fingerprint density at radius 3 is 2.90 bits per heavy atom. The first-order valence-electron chi connectivity index (χ1n) is 5.85. The normalized spacial score (nSPS) is 11.1. The van der Waals surface area contributed by atoms with Gasteiger partial charge in [-0.1, -0.05) is 0 Å². The van der Waals surface area contributed by atoms with Crippen LogP contribution in [0.3, 0.4) is 0 Å². The lowest BCUT2D eigenvalue weighted by atomic mass is 10.2. The lowest BCUT2D eigenvalue weighted by molar-refractivity contribution is 0.0697. The number of aromatic amines is 1. The van der Waals surface area contributed by atoms with E-state index in [1.54, 1.807) is 17.7 Å². The highest BCUT2D eigenvalue weighted by atomic mass is 16.4. The Balaban J connectivity index is 2.16. The molecule has 1 aromatic carbocycles. The second-order valence-electron chi connectivity index (χ2n) is 4.41. The molecule has 0 aliphatic rings. The number of aryl methyl sites for hydroxylation is 1. The van der Waals surface area contributed by atoms with Crippen LogP contribution in [0.2, 0.25) is 0 Å². The van der Waals surface area contributed by atoms with E-state index in [1.165, 1.54) is 23.0 Å². The Kier molecular flexibility index (Phi) is 2.63. The SMILES string of the molecule is Cn1cnnc1Cn1c(=O)[nH]c2ccc(C(=O)O)cc21. The summed E-state index contributed by atoms with van der Waals surface area (Å²) in [5.74, 6) is -0.431. The Morgan fingerprint density at radius 1 is 1.45 bits per heavy atom. The summed E-state index contributed by atoms with van der Waals surface area (Å²) in [7, 11) is 1.78. The van der Waals surface area contributed by atoms with Gasteiger partial charge in [0.15, 0.2) is 5.82 Å². The quantitative estimate of drug-likeness (QED) is 0.709. The summed E-state index contributed by atoms with van der Waals surface area (Å²) in [6, 6.07) is 4.49. The third-order valence-electron chi connectivity index (χ3n) is 3.13. The second kappa shape index (κ2) is 4.34. The van der Waals surface area contributed by atoms with Gasteiger partial charge in [-0.2, -0.15) is 0 Å². The minimum Gasteiger partial charge on any atom is -0.478 e. The highest BCUT2D eigenvalue weighted by molar-refractivity contribution is 5.92. The zero-order valence-corrected chi connectivity index (χ0v) is 10.6. The fraction of sp³-hybridized carbons (Fsp3) is 0.167. The van der Waals surface area contributed by atoms with Gasteiger partial charge in [0.2, 0.25) is 0 Å². The first-order chi connectivity index (χ1) is 9.56. The molecule has 0 unspecified atom stereocenters. The molecule has 3 rings (SSSR count). The third kappa shape index (κ3) is 1.87. The summed E-state index contributed by atoms with van der Waals surface area (Å²) in [5.41, 5.74) is 0.925. The molecule has 0 bridgehead atoms. The number of rotatable bonds is 3. The number of aromatic nitrogens is 5. The molecule has 2 N–H and O–H groups in total. The van der Waals surface area contributed by atoms with Crippen molar-refractivity contribution < 1.29 is 9.90 Å². The average molecular weight is 273 g/mol. The molecule has 0 atom stereocenters. The summed E-state index contributed by atoms with van der Waals surface area (Å²) in [5, 5.41) is 16.7. The topological polar surface area (TPSA) is 106 Å². The molecule has 0 fully saturated rings. The van der Waals surface area contributed by atoms with E-state index in [4.69, 9.17) is 5.11 Å². The van der Waals surface area contributed by atoms with Crippen LogP contribution in [0, 0.1) is 0 Å². The zero-order chi connectivity index (χ0) is 14.3. The van der Waals surface area contributed by atoms with E-state index in [-0.39, 0.29) is 17.8 Å². The number of benzene rings is 1. The maximum Gasteiger partial charge on any atom is 0.335 e. The monoisotopic (exact) mass is 273 g/mol. The largest absolute Gasteiger partial charge is 0.478 e. The summed E-state index contributed by atoms with van der Waals surface area (Å²) < 4.78 is 3.14. The van der Waals surface area contributed by atoms with Gasteiger partial charge in [-0.3, -0.25) is 4.57 Å². The Labute approximate surface area is 112 Å². The number of nitrogens with one attached hydrogen (secondary N) is 1. The maximum absolute atomic E-state index is 12.0. The van der Waals surface area contributed by atoms with Gasteiger partial charge in [-0.05, 0) is 18.2 Å². The average Bonchev–Trinajstić information content (AvgIpc) is 2.94. The van der Waals surface area contributed by atoms with Gasteiger partial charge in [0.25, 0.3) is 0 Å². The van der Waals surface area contributed by atoms with Gasteiger partial charge in [-0.25, -0.2) is 9.59 Å². The summed E-state index contributed by atoms with van der Waals surface area (Å²) in [4.78, 5) is 25.7. The number of carboxylic acid groups (broad SMARTS) is 1. The van der Waals surface area contributed by atoms with Crippen LogP contribution >= 0.6 is 0 Å². The number of nitrogens with zero attached hydrogens (tertiary/aromatic N) is 4. The fourth-order valence-electron chi connectivity index (χ4n) is 2.03. The number of carboxylic acids is 1. The predicted molar refractivity (Wildman–Crippen MR) is 69.6 cm³/mol. The molecule has 0 radical (unpaired) electrons. The molecule has 0 aliphatic carbocycles. The molecule has 20 heavy (non-hydrogen) atoms. The Morgan fingerprint density at radius 2 is 2.25 bits per heavy atom. The molecular formula is C12H11N5O3. The molecule has 8 heteroatoms. The van der Waals surface area contributed by atoms with Crippen molar-refractivity contribution in [2.45, 2.75) is 6.54 Å². The van der Waals surface area contributed by atoms with Crippen molar-refractivity contribution in [3.05, 3.63) is 46.4 Å². The highest BCUT2D eigenvalue weighted by Crippen LogP contribution is 2.14. The van der Waals surface area contributed by atoms with Gasteiger partial charge in [0.1, 0.15) is 6.33 Å². The van der Waals surface area contributed by atoms with Gasteiger partial charge in [-0.15, -0.1) is 10.2 Å². The number of imidazole rings is 1. The number of aromatic carboxylic acids is 1. The van der Waals surface area contributed by atoms with E-state index in [2.05, 4.69) is 15.2 Å². The van der Waals surface area contributed by atoms with Gasteiger partial charge in [0, 0.05) is 7.05 Å². The van der Waals surface area contributed by atoms with Gasteiger partial charge in [0.05, 0.1) is 23.1 Å². The van der Waals surface area contributed by atoms with Crippen LogP contribution in [0.1, 0.15) is 16.2 Å². The molecule has 8 nitrogen and oxygen atoms in total. The zero-order valence-electron chi connectivity index (χ0n) is 10.6. The number of hydrogen-bond donors (Lipinski definition) is 2. The molecule has 0 saturated carbocycles. The van der Waals surface area contributed by atoms with E-state index < -0.39 is 5.97 Å². The molecule has 0 amide bonds. The van der Waals surface area contributed by atoms with Crippen molar-refractivity contribution >= 4 is 17.0 Å². The van der Waals surface area contributed by atoms with E-state index in [1.807, 2.05) is 0 Å². The Hall–Kier alpha value is -2.90. The minimum atomic E-state index is -1.04. The lowest BCUT2D eigenvalue weighted by Crippen LogP contribution is -2.19. The number of fused-ring (bicyclic) bond motifs is 1. The third-order valence-corrected chi connectivity index (χ3v) is 3.13. The summed E-state index contributed by atoms with van der Waals surface area (Å²) in [6.07, 6.45) is 1.54. The van der Waals surface area contributed by atoms with Gasteiger partial charge >= 0.3 is 11.7 Å². The van der Waals surface area contributed by atoms with E-state index in [0.717, 1.165) is 0 Å². The molecule has 0 spiro atoms. The van der Waals surface area contributed by atoms with Crippen molar-refractivity contribution in [1.82, 2.24) is 24.3 Å². The second-order valence-corrected chi connectivity index (χ2v) is 4.41. The molecule has 0 aliphatic heterocycles. The number of H-pyrrole nitrogens is 1. The molecule has 2 heterocycles. The van der Waals surface area contributed by atoms with Crippen molar-refractivity contribution in [2.75, 3.05) is 0 Å².